The molecule has 2 rings (SSSR count). The van der Waals surface area contributed by atoms with E-state index in [1.807, 2.05) is 11.8 Å². The van der Waals surface area contributed by atoms with Crippen LogP contribution >= 0.6 is 11.8 Å². The van der Waals surface area contributed by atoms with E-state index in [1.54, 1.807) is 7.11 Å². The molecular weight excluding hydrogens is 338 g/mol. The number of nitrogens with one attached hydrogen (secondary N) is 1. The summed E-state index contributed by atoms with van der Waals surface area (Å²) in [6.07, 6.45) is 5.55. The maximum atomic E-state index is 5.71. The molecular formula is C18H35N3O3S. The number of guanidine groups is 1. The number of aliphatic imine (C=N–C) groups is 1. The van der Waals surface area contributed by atoms with Crippen molar-refractivity contribution in [1.29, 1.82) is 0 Å². The van der Waals surface area contributed by atoms with Gasteiger partial charge in [-0.15, -0.1) is 0 Å². The maximum absolute atomic E-state index is 5.71. The molecule has 2 aliphatic rings. The molecule has 25 heavy (non-hydrogen) atoms. The molecule has 1 atom stereocenters. The quantitative estimate of drug-likeness (QED) is 0.378. The number of hydrogen-bond acceptors (Lipinski definition) is 5. The van der Waals surface area contributed by atoms with Crippen molar-refractivity contribution in [1.82, 2.24) is 10.2 Å². The minimum atomic E-state index is 0.237. The Hall–Kier alpha value is -0.500. The van der Waals surface area contributed by atoms with Gasteiger partial charge in [-0.1, -0.05) is 0 Å². The molecule has 0 radical (unpaired) electrons. The smallest absolute Gasteiger partial charge is 0.193 e. The average molecular weight is 374 g/mol. The largest absolute Gasteiger partial charge is 0.382 e. The van der Waals surface area contributed by atoms with Crippen LogP contribution in [0.25, 0.3) is 0 Å². The second-order valence-corrected chi connectivity index (χ2v) is 8.11. The molecule has 0 aromatic rings. The summed E-state index contributed by atoms with van der Waals surface area (Å²) in [4.78, 5) is 7.39. The Morgan fingerprint density at radius 3 is 2.84 bits per heavy atom. The van der Waals surface area contributed by atoms with E-state index in [-0.39, 0.29) is 4.75 Å². The standard InChI is InChI=1S/C18H35N3O3S/c1-4-19-17(20-15-18(25-3)6-9-23-10-7-18)21-8-5-16(13-21)14-24-12-11-22-2/h16H,4-15H2,1-3H3,(H,19,20). The highest BCUT2D eigenvalue weighted by Gasteiger charge is 2.32. The molecule has 2 heterocycles. The zero-order chi connectivity index (χ0) is 18.0. The topological polar surface area (TPSA) is 55.3 Å². The Bertz CT molecular complexity index is 403. The van der Waals surface area contributed by atoms with Crippen molar-refractivity contribution in [3.8, 4) is 0 Å². The second kappa shape index (κ2) is 11.3. The molecule has 2 saturated heterocycles. The molecule has 2 aliphatic heterocycles. The first-order valence-electron chi connectivity index (χ1n) is 9.46. The Kier molecular flexibility index (Phi) is 9.37. The Labute approximate surface area is 157 Å². The van der Waals surface area contributed by atoms with E-state index in [9.17, 15) is 0 Å². The van der Waals surface area contributed by atoms with Crippen LogP contribution < -0.4 is 5.32 Å². The lowest BCUT2D eigenvalue weighted by atomic mass is 9.99. The van der Waals surface area contributed by atoms with Crippen LogP contribution in [0.5, 0.6) is 0 Å². The van der Waals surface area contributed by atoms with Crippen molar-refractivity contribution in [3.05, 3.63) is 0 Å². The Morgan fingerprint density at radius 1 is 1.36 bits per heavy atom. The lowest BCUT2D eigenvalue weighted by Crippen LogP contribution is -2.42. The fourth-order valence-electron chi connectivity index (χ4n) is 3.37. The zero-order valence-corrected chi connectivity index (χ0v) is 16.9. The third kappa shape index (κ3) is 6.62. The van der Waals surface area contributed by atoms with Gasteiger partial charge in [0.1, 0.15) is 0 Å². The van der Waals surface area contributed by atoms with Crippen molar-refractivity contribution in [3.63, 3.8) is 0 Å². The highest BCUT2D eigenvalue weighted by Crippen LogP contribution is 2.34. The number of nitrogens with zero attached hydrogens (tertiary/aromatic N) is 2. The van der Waals surface area contributed by atoms with Gasteiger partial charge < -0.3 is 24.4 Å². The van der Waals surface area contributed by atoms with Crippen molar-refractivity contribution >= 4 is 17.7 Å². The number of thioether (sulfide) groups is 1. The summed E-state index contributed by atoms with van der Waals surface area (Å²) in [5.74, 6) is 1.64. The highest BCUT2D eigenvalue weighted by molar-refractivity contribution is 8.00. The van der Waals surface area contributed by atoms with E-state index in [2.05, 4.69) is 23.4 Å². The zero-order valence-electron chi connectivity index (χ0n) is 16.1. The van der Waals surface area contributed by atoms with E-state index in [4.69, 9.17) is 19.2 Å². The molecule has 0 aromatic carbocycles. The summed E-state index contributed by atoms with van der Waals surface area (Å²) >= 11 is 1.95. The lowest BCUT2D eigenvalue weighted by molar-refractivity contribution is 0.0536. The first-order chi connectivity index (χ1) is 12.2. The first kappa shape index (κ1) is 20.8. The fraction of sp³-hybridized carbons (Fsp3) is 0.944. The number of ether oxygens (including phenoxy) is 3. The van der Waals surface area contributed by atoms with Crippen LogP contribution in [0.2, 0.25) is 0 Å². The SMILES string of the molecule is CCNC(=NCC1(SC)CCOCC1)N1CCC(COCCOC)C1. The average Bonchev–Trinajstić information content (AvgIpc) is 3.12. The van der Waals surface area contributed by atoms with E-state index >= 15 is 0 Å². The summed E-state index contributed by atoms with van der Waals surface area (Å²) in [6, 6.07) is 0. The minimum absolute atomic E-state index is 0.237. The second-order valence-electron chi connectivity index (χ2n) is 6.84. The van der Waals surface area contributed by atoms with Gasteiger partial charge in [-0.2, -0.15) is 11.8 Å². The summed E-state index contributed by atoms with van der Waals surface area (Å²) < 4.78 is 16.5. The molecule has 0 aromatic heterocycles. The first-order valence-corrected chi connectivity index (χ1v) is 10.7. The minimum Gasteiger partial charge on any atom is -0.382 e. The third-order valence-corrected chi connectivity index (χ3v) is 6.46. The summed E-state index contributed by atoms with van der Waals surface area (Å²) in [5.41, 5.74) is 0. The predicted molar refractivity (Wildman–Crippen MR) is 105 cm³/mol. The molecule has 6 nitrogen and oxygen atoms in total. The predicted octanol–water partition coefficient (Wildman–Crippen LogP) is 1.85. The van der Waals surface area contributed by atoms with E-state index in [0.717, 1.165) is 64.8 Å². The molecule has 1 unspecified atom stereocenters. The van der Waals surface area contributed by atoms with E-state index < -0.39 is 0 Å². The third-order valence-electron chi connectivity index (χ3n) is 5.06. The van der Waals surface area contributed by atoms with Crippen molar-refractivity contribution in [2.75, 3.05) is 72.6 Å². The van der Waals surface area contributed by atoms with Gasteiger partial charge in [0.15, 0.2) is 5.96 Å². The van der Waals surface area contributed by atoms with Crippen LogP contribution in [-0.4, -0.2) is 88.2 Å². The van der Waals surface area contributed by atoms with Gasteiger partial charge in [0.25, 0.3) is 0 Å². The summed E-state index contributed by atoms with van der Waals surface area (Å²) in [7, 11) is 1.71. The normalized spacial score (nSPS) is 23.9. The number of hydrogen-bond donors (Lipinski definition) is 1. The molecule has 7 heteroatoms. The van der Waals surface area contributed by atoms with Crippen LogP contribution in [0, 0.1) is 5.92 Å². The molecule has 0 saturated carbocycles. The molecule has 2 fully saturated rings. The van der Waals surface area contributed by atoms with E-state index in [0.29, 0.717) is 19.1 Å². The highest BCUT2D eigenvalue weighted by atomic mass is 32.2. The molecule has 1 N–H and O–H groups in total. The lowest BCUT2D eigenvalue weighted by Gasteiger charge is -2.34. The Balaban J connectivity index is 1.86. The van der Waals surface area contributed by atoms with Gasteiger partial charge in [0.05, 0.1) is 26.4 Å². The van der Waals surface area contributed by atoms with Gasteiger partial charge in [-0.25, -0.2) is 0 Å². The van der Waals surface area contributed by atoms with Gasteiger partial charge in [0.2, 0.25) is 0 Å². The number of rotatable bonds is 9. The van der Waals surface area contributed by atoms with Gasteiger partial charge in [0, 0.05) is 50.6 Å². The van der Waals surface area contributed by atoms with E-state index in [1.165, 1.54) is 6.42 Å². The van der Waals surface area contributed by atoms with Crippen LogP contribution in [0.3, 0.4) is 0 Å². The monoisotopic (exact) mass is 373 g/mol. The number of likely N-dealkylation sites (tertiary alicyclic amines) is 1. The van der Waals surface area contributed by atoms with Crippen LogP contribution in [0.15, 0.2) is 4.99 Å². The fourth-order valence-corrected chi connectivity index (χ4v) is 4.14. The molecule has 0 spiro atoms. The van der Waals surface area contributed by atoms with Gasteiger partial charge >= 0.3 is 0 Å². The van der Waals surface area contributed by atoms with Crippen molar-refractivity contribution in [2.45, 2.75) is 30.9 Å². The summed E-state index contributed by atoms with van der Waals surface area (Å²) in [6.45, 7) is 9.86. The van der Waals surface area contributed by atoms with Gasteiger partial charge in [-0.05, 0) is 32.4 Å². The maximum Gasteiger partial charge on any atom is 0.193 e. The van der Waals surface area contributed by atoms with Crippen LogP contribution in [0.4, 0.5) is 0 Å². The van der Waals surface area contributed by atoms with Crippen molar-refractivity contribution in [2.24, 2.45) is 10.9 Å². The Morgan fingerprint density at radius 2 is 2.16 bits per heavy atom. The number of methoxy groups -OCH3 is 1. The molecule has 146 valence electrons. The molecule has 0 aliphatic carbocycles. The summed E-state index contributed by atoms with van der Waals surface area (Å²) in [5, 5.41) is 3.48. The van der Waals surface area contributed by atoms with Crippen LogP contribution in [-0.2, 0) is 14.2 Å². The molecule has 0 bridgehead atoms. The van der Waals surface area contributed by atoms with Crippen LogP contribution in [0.1, 0.15) is 26.2 Å². The van der Waals surface area contributed by atoms with Crippen molar-refractivity contribution < 1.29 is 14.2 Å². The van der Waals surface area contributed by atoms with Gasteiger partial charge in [-0.3, -0.25) is 4.99 Å². The molecule has 0 amide bonds.